The summed E-state index contributed by atoms with van der Waals surface area (Å²) in [5, 5.41) is 9.94. The highest BCUT2D eigenvalue weighted by Gasteiger charge is 2.93. The number of rotatable bonds is 0. The van der Waals surface area contributed by atoms with Crippen LogP contribution in [0.2, 0.25) is 0 Å². The molecule has 1 aromatic carbocycles. The lowest BCUT2D eigenvalue weighted by molar-refractivity contribution is 0.127. The van der Waals surface area contributed by atoms with Gasteiger partial charge in [-0.1, -0.05) is 38.1 Å². The van der Waals surface area contributed by atoms with Gasteiger partial charge < -0.3 is 4.74 Å². The largest absolute Gasteiger partial charge is 0.380 e. The van der Waals surface area contributed by atoms with Gasteiger partial charge in [0.05, 0.1) is 24.7 Å². The van der Waals surface area contributed by atoms with Gasteiger partial charge >= 0.3 is 0 Å². The molecule has 19 heavy (non-hydrogen) atoms. The van der Waals surface area contributed by atoms with E-state index in [4.69, 9.17) is 4.74 Å². The van der Waals surface area contributed by atoms with Crippen LogP contribution in [0.25, 0.3) is 0 Å². The van der Waals surface area contributed by atoms with E-state index in [1.807, 2.05) is 0 Å². The summed E-state index contributed by atoms with van der Waals surface area (Å²) in [5.41, 5.74) is 2.91. The third kappa shape index (κ3) is 0.718. The van der Waals surface area contributed by atoms with Gasteiger partial charge in [-0.3, -0.25) is 0 Å². The fourth-order valence-corrected chi connectivity index (χ4v) is 6.31. The molecule has 0 bridgehead atoms. The minimum atomic E-state index is -0.231. The van der Waals surface area contributed by atoms with E-state index in [2.05, 4.69) is 44.2 Å². The van der Waals surface area contributed by atoms with Crippen LogP contribution in [0.3, 0.4) is 0 Å². The SMILES string of the molecule is CC1(C)C2c3ccccc3C3(C#N)C2C32COCC12. The fraction of sp³-hybridized carbons (Fsp3) is 0.588. The summed E-state index contributed by atoms with van der Waals surface area (Å²) in [5.74, 6) is 1.60. The zero-order valence-electron chi connectivity index (χ0n) is 11.3. The number of hydrogen-bond acceptors (Lipinski definition) is 2. The number of benzene rings is 1. The number of fused-ring (bicyclic) bond motifs is 3. The van der Waals surface area contributed by atoms with Crippen molar-refractivity contribution in [2.24, 2.45) is 22.7 Å². The van der Waals surface area contributed by atoms with Crippen molar-refractivity contribution < 1.29 is 4.74 Å². The molecule has 5 unspecified atom stereocenters. The fourth-order valence-electron chi connectivity index (χ4n) is 6.31. The molecule has 3 fully saturated rings. The number of nitriles is 1. The van der Waals surface area contributed by atoms with Gasteiger partial charge in [-0.2, -0.15) is 5.26 Å². The van der Waals surface area contributed by atoms with Crippen LogP contribution >= 0.6 is 0 Å². The Morgan fingerprint density at radius 3 is 2.89 bits per heavy atom. The molecule has 96 valence electrons. The number of hydrogen-bond donors (Lipinski definition) is 0. The predicted octanol–water partition coefficient (Wildman–Crippen LogP) is 2.85. The van der Waals surface area contributed by atoms with Gasteiger partial charge in [-0.25, -0.2) is 0 Å². The topological polar surface area (TPSA) is 33.0 Å². The Kier molecular flexibility index (Phi) is 1.43. The molecule has 1 aromatic rings. The normalized spacial score (nSPS) is 50.3. The zero-order chi connectivity index (χ0) is 13.0. The molecule has 2 saturated carbocycles. The lowest BCUT2D eigenvalue weighted by Crippen LogP contribution is -2.33. The van der Waals surface area contributed by atoms with E-state index in [1.165, 1.54) is 11.1 Å². The van der Waals surface area contributed by atoms with Crippen LogP contribution in [-0.2, 0) is 10.2 Å². The Morgan fingerprint density at radius 2 is 2.11 bits per heavy atom. The molecule has 0 amide bonds. The molecule has 1 spiro atoms. The van der Waals surface area contributed by atoms with Gasteiger partial charge in [-0.15, -0.1) is 0 Å². The highest BCUT2D eigenvalue weighted by atomic mass is 16.5. The molecule has 3 aliphatic carbocycles. The standard InChI is InChI=1S/C17H17NO/c1-15(2)12-7-19-9-17(12)14-13(15)10-5-3-4-6-11(10)16(14,17)8-18/h3-6,12-14H,7,9H2,1-2H3. The summed E-state index contributed by atoms with van der Waals surface area (Å²) < 4.78 is 5.84. The third-order valence-electron chi connectivity index (χ3n) is 6.85. The van der Waals surface area contributed by atoms with Gasteiger partial charge in [0.1, 0.15) is 0 Å². The van der Waals surface area contributed by atoms with E-state index < -0.39 is 0 Å². The monoisotopic (exact) mass is 251 g/mol. The molecule has 4 aliphatic rings. The molecular weight excluding hydrogens is 234 g/mol. The second-order valence-corrected chi connectivity index (χ2v) is 7.39. The number of nitrogens with zero attached hydrogens (tertiary/aromatic N) is 1. The summed E-state index contributed by atoms with van der Waals surface area (Å²) in [6.07, 6.45) is 0. The molecular formula is C17H17NO. The van der Waals surface area contributed by atoms with Crippen LogP contribution < -0.4 is 0 Å². The van der Waals surface area contributed by atoms with E-state index in [1.54, 1.807) is 0 Å². The second-order valence-electron chi connectivity index (χ2n) is 7.39. The maximum atomic E-state index is 9.94. The van der Waals surface area contributed by atoms with Crippen molar-refractivity contribution in [3.8, 4) is 6.07 Å². The average Bonchev–Trinajstić information content (AvgIpc) is 2.74. The van der Waals surface area contributed by atoms with E-state index in [-0.39, 0.29) is 16.2 Å². The van der Waals surface area contributed by atoms with Crippen molar-refractivity contribution >= 4 is 0 Å². The van der Waals surface area contributed by atoms with Gasteiger partial charge in [0.15, 0.2) is 0 Å². The number of ether oxygens (including phenoxy) is 1. The molecule has 0 N–H and O–H groups in total. The molecule has 2 heteroatoms. The first-order valence-electron chi connectivity index (χ1n) is 7.21. The summed E-state index contributed by atoms with van der Waals surface area (Å²) in [7, 11) is 0. The predicted molar refractivity (Wildman–Crippen MR) is 70.5 cm³/mol. The van der Waals surface area contributed by atoms with Gasteiger partial charge in [0, 0.05) is 5.41 Å². The molecule has 1 heterocycles. The summed E-state index contributed by atoms with van der Waals surface area (Å²) in [6.45, 7) is 6.41. The maximum absolute atomic E-state index is 9.94. The van der Waals surface area contributed by atoms with E-state index in [9.17, 15) is 5.26 Å². The third-order valence-corrected chi connectivity index (χ3v) is 6.85. The quantitative estimate of drug-likeness (QED) is 0.710. The van der Waals surface area contributed by atoms with E-state index >= 15 is 0 Å². The van der Waals surface area contributed by atoms with Crippen LogP contribution in [0.4, 0.5) is 0 Å². The lowest BCUT2D eigenvalue weighted by Gasteiger charge is -2.34. The molecule has 1 aliphatic heterocycles. The average molecular weight is 251 g/mol. The van der Waals surface area contributed by atoms with Crippen molar-refractivity contribution in [3.63, 3.8) is 0 Å². The van der Waals surface area contributed by atoms with Crippen molar-refractivity contribution in [1.29, 1.82) is 5.26 Å². The van der Waals surface area contributed by atoms with Crippen LogP contribution in [0.1, 0.15) is 30.9 Å². The molecule has 1 saturated heterocycles. The van der Waals surface area contributed by atoms with Crippen molar-refractivity contribution in [2.45, 2.75) is 25.2 Å². The minimum Gasteiger partial charge on any atom is -0.380 e. The Morgan fingerprint density at radius 1 is 1.32 bits per heavy atom. The van der Waals surface area contributed by atoms with E-state index in [0.29, 0.717) is 17.8 Å². The van der Waals surface area contributed by atoms with Crippen LogP contribution in [0.15, 0.2) is 24.3 Å². The van der Waals surface area contributed by atoms with Gasteiger partial charge in [-0.05, 0) is 34.3 Å². The summed E-state index contributed by atoms with van der Waals surface area (Å²) >= 11 is 0. The molecule has 0 aromatic heterocycles. The van der Waals surface area contributed by atoms with Gasteiger partial charge in [0.25, 0.3) is 0 Å². The first-order chi connectivity index (χ1) is 9.12. The molecule has 2 nitrogen and oxygen atoms in total. The highest BCUT2D eigenvalue weighted by molar-refractivity contribution is 5.65. The Labute approximate surface area is 113 Å². The van der Waals surface area contributed by atoms with Gasteiger partial charge in [0.2, 0.25) is 0 Å². The zero-order valence-corrected chi connectivity index (χ0v) is 11.3. The maximum Gasteiger partial charge on any atom is 0.0951 e. The minimum absolute atomic E-state index is 0.129. The van der Waals surface area contributed by atoms with E-state index in [0.717, 1.165) is 13.2 Å². The first-order valence-corrected chi connectivity index (χ1v) is 7.21. The van der Waals surface area contributed by atoms with Crippen LogP contribution in [-0.4, -0.2) is 13.2 Å². The summed E-state index contributed by atoms with van der Waals surface area (Å²) in [6, 6.07) is 11.4. The van der Waals surface area contributed by atoms with Crippen molar-refractivity contribution in [2.75, 3.05) is 13.2 Å². The smallest absolute Gasteiger partial charge is 0.0951 e. The molecule has 0 radical (unpaired) electrons. The second kappa shape index (κ2) is 2.60. The first kappa shape index (κ1) is 10.5. The highest BCUT2D eigenvalue weighted by Crippen LogP contribution is 2.91. The lowest BCUT2D eigenvalue weighted by atomic mass is 9.68. The summed E-state index contributed by atoms with van der Waals surface area (Å²) in [4.78, 5) is 0. The van der Waals surface area contributed by atoms with Crippen LogP contribution in [0.5, 0.6) is 0 Å². The van der Waals surface area contributed by atoms with Crippen molar-refractivity contribution in [1.82, 2.24) is 0 Å². The Hall–Kier alpha value is -1.33. The molecule has 5 atom stereocenters. The molecule has 5 rings (SSSR count). The van der Waals surface area contributed by atoms with Crippen LogP contribution in [0, 0.1) is 34.0 Å². The Bertz CT molecular complexity index is 657. The Balaban J connectivity index is 1.87. The van der Waals surface area contributed by atoms with Crippen molar-refractivity contribution in [3.05, 3.63) is 35.4 Å².